The fourth-order valence-electron chi connectivity index (χ4n) is 2.94. The summed E-state index contributed by atoms with van der Waals surface area (Å²) in [6.45, 7) is 3.26. The number of aromatic nitrogens is 2. The van der Waals surface area contributed by atoms with Gasteiger partial charge in [-0.3, -0.25) is 4.79 Å². The maximum absolute atomic E-state index is 14.1. The average Bonchev–Trinajstić information content (AvgIpc) is 2.61. The van der Waals surface area contributed by atoms with E-state index in [1.165, 1.54) is 6.07 Å². The van der Waals surface area contributed by atoms with Crippen LogP contribution in [0.2, 0.25) is 0 Å². The zero-order valence-corrected chi connectivity index (χ0v) is 13.6. The summed E-state index contributed by atoms with van der Waals surface area (Å²) in [4.78, 5) is 22.1. The van der Waals surface area contributed by atoms with Crippen LogP contribution < -0.4 is 4.90 Å². The minimum Gasteiger partial charge on any atom is -0.481 e. The molecule has 1 fully saturated rings. The highest BCUT2D eigenvalue weighted by molar-refractivity contribution is 5.70. The molecular formula is C18H20FN3O2. The van der Waals surface area contributed by atoms with Gasteiger partial charge in [0.05, 0.1) is 11.5 Å². The van der Waals surface area contributed by atoms with Crippen molar-refractivity contribution in [3.05, 3.63) is 41.8 Å². The van der Waals surface area contributed by atoms with Crippen molar-refractivity contribution in [1.29, 1.82) is 0 Å². The number of anilines is 1. The molecule has 0 radical (unpaired) electrons. The molecule has 3 rings (SSSR count). The number of piperidine rings is 1. The first-order valence-corrected chi connectivity index (χ1v) is 8.19. The molecule has 6 heteroatoms. The number of benzene rings is 1. The second-order valence-corrected chi connectivity index (χ2v) is 5.97. The lowest BCUT2D eigenvalue weighted by molar-refractivity contribution is -0.142. The molecule has 1 aliphatic rings. The molecule has 5 nitrogen and oxygen atoms in total. The molecule has 126 valence electrons. The zero-order valence-electron chi connectivity index (χ0n) is 13.6. The molecule has 0 spiro atoms. The summed E-state index contributed by atoms with van der Waals surface area (Å²) in [6.07, 6.45) is 1.91. The minimum absolute atomic E-state index is 0.292. The van der Waals surface area contributed by atoms with Crippen molar-refractivity contribution in [2.45, 2.75) is 26.2 Å². The van der Waals surface area contributed by atoms with Crippen molar-refractivity contribution in [3.63, 3.8) is 0 Å². The molecule has 1 N–H and O–H groups in total. The molecule has 2 heterocycles. The Morgan fingerprint density at radius 2 is 2.00 bits per heavy atom. The standard InChI is InChI=1S/C18H20FN3O2/c1-2-13-11-16(22-9-7-12(8-10-22)18(23)24)21-17(20-13)14-5-3-4-6-15(14)19/h3-6,11-12H,2,7-10H2,1H3,(H,23,24). The van der Waals surface area contributed by atoms with Gasteiger partial charge < -0.3 is 10.0 Å². The van der Waals surface area contributed by atoms with Gasteiger partial charge in [-0.05, 0) is 31.4 Å². The Kier molecular flexibility index (Phi) is 4.74. The van der Waals surface area contributed by atoms with E-state index in [9.17, 15) is 9.18 Å². The number of rotatable bonds is 4. The van der Waals surface area contributed by atoms with Crippen molar-refractivity contribution in [1.82, 2.24) is 9.97 Å². The second kappa shape index (κ2) is 6.95. The Labute approximate surface area is 140 Å². The van der Waals surface area contributed by atoms with E-state index < -0.39 is 5.97 Å². The third-order valence-electron chi connectivity index (χ3n) is 4.41. The van der Waals surface area contributed by atoms with Crippen LogP contribution in [0.5, 0.6) is 0 Å². The first kappa shape index (κ1) is 16.4. The SMILES string of the molecule is CCc1cc(N2CCC(C(=O)O)CC2)nc(-c2ccccc2F)n1. The molecule has 0 amide bonds. The van der Waals surface area contributed by atoms with E-state index in [1.807, 2.05) is 13.0 Å². The normalized spacial score (nSPS) is 15.5. The number of aliphatic carboxylic acids is 1. The molecule has 1 saturated heterocycles. The van der Waals surface area contributed by atoms with Crippen LogP contribution in [0.25, 0.3) is 11.4 Å². The number of carboxylic acids is 1. The van der Waals surface area contributed by atoms with E-state index in [-0.39, 0.29) is 11.7 Å². The molecule has 1 aromatic carbocycles. The van der Waals surface area contributed by atoms with E-state index in [2.05, 4.69) is 14.9 Å². The van der Waals surface area contributed by atoms with E-state index in [4.69, 9.17) is 5.11 Å². The predicted octanol–water partition coefficient (Wildman–Crippen LogP) is 3.15. The number of halogens is 1. The fraction of sp³-hybridized carbons (Fsp3) is 0.389. The smallest absolute Gasteiger partial charge is 0.306 e. The lowest BCUT2D eigenvalue weighted by Gasteiger charge is -2.31. The highest BCUT2D eigenvalue weighted by Crippen LogP contribution is 2.26. The largest absolute Gasteiger partial charge is 0.481 e. The highest BCUT2D eigenvalue weighted by atomic mass is 19.1. The van der Waals surface area contributed by atoms with Gasteiger partial charge in [0.25, 0.3) is 0 Å². The first-order valence-electron chi connectivity index (χ1n) is 8.19. The van der Waals surface area contributed by atoms with Gasteiger partial charge in [-0.1, -0.05) is 19.1 Å². The van der Waals surface area contributed by atoms with Gasteiger partial charge in [-0.15, -0.1) is 0 Å². The number of carbonyl (C=O) groups is 1. The Morgan fingerprint density at radius 1 is 1.29 bits per heavy atom. The van der Waals surface area contributed by atoms with Crippen LogP contribution >= 0.6 is 0 Å². The Balaban J connectivity index is 1.91. The summed E-state index contributed by atoms with van der Waals surface area (Å²) in [7, 11) is 0. The lowest BCUT2D eigenvalue weighted by Crippen LogP contribution is -2.37. The molecule has 2 aromatic rings. The second-order valence-electron chi connectivity index (χ2n) is 5.97. The van der Waals surface area contributed by atoms with Crippen molar-refractivity contribution in [3.8, 4) is 11.4 Å². The summed E-state index contributed by atoms with van der Waals surface area (Å²) >= 11 is 0. The van der Waals surface area contributed by atoms with Crippen LogP contribution in [0.15, 0.2) is 30.3 Å². The number of nitrogens with zero attached hydrogens (tertiary/aromatic N) is 3. The quantitative estimate of drug-likeness (QED) is 0.933. The van der Waals surface area contributed by atoms with E-state index in [1.54, 1.807) is 18.2 Å². The molecular weight excluding hydrogens is 309 g/mol. The Morgan fingerprint density at radius 3 is 2.62 bits per heavy atom. The topological polar surface area (TPSA) is 66.3 Å². The van der Waals surface area contributed by atoms with Crippen LogP contribution in [-0.4, -0.2) is 34.1 Å². The van der Waals surface area contributed by atoms with E-state index >= 15 is 0 Å². The van der Waals surface area contributed by atoms with Crippen molar-refractivity contribution in [2.75, 3.05) is 18.0 Å². The molecule has 24 heavy (non-hydrogen) atoms. The third kappa shape index (κ3) is 3.37. The van der Waals surface area contributed by atoms with Crippen molar-refractivity contribution < 1.29 is 14.3 Å². The van der Waals surface area contributed by atoms with Gasteiger partial charge in [0.1, 0.15) is 11.6 Å². The zero-order chi connectivity index (χ0) is 17.1. The monoisotopic (exact) mass is 329 g/mol. The van der Waals surface area contributed by atoms with Gasteiger partial charge in [0.2, 0.25) is 0 Å². The first-order chi connectivity index (χ1) is 11.6. The van der Waals surface area contributed by atoms with E-state index in [0.717, 1.165) is 17.9 Å². The van der Waals surface area contributed by atoms with Crippen molar-refractivity contribution in [2.24, 2.45) is 5.92 Å². The predicted molar refractivity (Wildman–Crippen MR) is 89.4 cm³/mol. The number of aryl methyl sites for hydroxylation is 1. The van der Waals surface area contributed by atoms with Crippen molar-refractivity contribution >= 4 is 11.8 Å². The van der Waals surface area contributed by atoms with Gasteiger partial charge in [-0.25, -0.2) is 14.4 Å². The maximum atomic E-state index is 14.1. The van der Waals surface area contributed by atoms with Crippen LogP contribution in [0.3, 0.4) is 0 Å². The van der Waals surface area contributed by atoms with Gasteiger partial charge in [0.15, 0.2) is 5.82 Å². The summed E-state index contributed by atoms with van der Waals surface area (Å²) in [5.41, 5.74) is 1.23. The van der Waals surface area contributed by atoms with Crippen LogP contribution in [0, 0.1) is 11.7 Å². The van der Waals surface area contributed by atoms with Gasteiger partial charge in [0, 0.05) is 24.8 Å². The molecule has 0 unspecified atom stereocenters. The number of carboxylic acid groups (broad SMARTS) is 1. The summed E-state index contributed by atoms with van der Waals surface area (Å²) < 4.78 is 14.1. The summed E-state index contributed by atoms with van der Waals surface area (Å²) in [5, 5.41) is 9.11. The highest BCUT2D eigenvalue weighted by Gasteiger charge is 2.25. The average molecular weight is 329 g/mol. The Bertz CT molecular complexity index is 743. The van der Waals surface area contributed by atoms with Crippen LogP contribution in [0.4, 0.5) is 10.2 Å². The molecule has 1 aromatic heterocycles. The maximum Gasteiger partial charge on any atom is 0.306 e. The van der Waals surface area contributed by atoms with Gasteiger partial charge in [-0.2, -0.15) is 0 Å². The summed E-state index contributed by atoms with van der Waals surface area (Å²) in [5.74, 6) is -0.258. The molecule has 0 atom stereocenters. The molecule has 0 saturated carbocycles. The van der Waals surface area contributed by atoms with Crippen LogP contribution in [-0.2, 0) is 11.2 Å². The van der Waals surface area contributed by atoms with Crippen LogP contribution in [0.1, 0.15) is 25.5 Å². The van der Waals surface area contributed by atoms with E-state index in [0.29, 0.717) is 37.3 Å². The lowest BCUT2D eigenvalue weighted by atomic mass is 9.97. The minimum atomic E-state index is -0.737. The molecule has 0 bridgehead atoms. The number of hydrogen-bond donors (Lipinski definition) is 1. The summed E-state index contributed by atoms with van der Waals surface area (Å²) in [6, 6.07) is 8.38. The number of hydrogen-bond acceptors (Lipinski definition) is 4. The molecule has 1 aliphatic heterocycles. The fourth-order valence-corrected chi connectivity index (χ4v) is 2.94. The van der Waals surface area contributed by atoms with Gasteiger partial charge >= 0.3 is 5.97 Å². The Hall–Kier alpha value is -2.50. The third-order valence-corrected chi connectivity index (χ3v) is 4.41. The molecule has 0 aliphatic carbocycles.